The molecule has 0 aromatic heterocycles. The highest BCUT2D eigenvalue weighted by atomic mass is 35.7. The fourth-order valence-electron chi connectivity index (χ4n) is 1.17. The van der Waals surface area contributed by atoms with Gasteiger partial charge in [0.05, 0.1) is 5.60 Å². The van der Waals surface area contributed by atoms with Crippen LogP contribution in [-0.2, 0) is 5.60 Å². The largest absolute Gasteiger partial charge is 0.386 e. The highest BCUT2D eigenvalue weighted by Gasteiger charge is 2.24. The first-order valence-corrected chi connectivity index (χ1v) is 8.95. The van der Waals surface area contributed by atoms with Gasteiger partial charge in [-0.3, -0.25) is 0 Å². The van der Waals surface area contributed by atoms with E-state index >= 15 is 0 Å². The number of halogens is 2. The molecule has 0 aliphatic rings. The molecule has 0 amide bonds. The minimum atomic E-state index is -2.25. The van der Waals surface area contributed by atoms with Crippen molar-refractivity contribution in [3.8, 4) is 0 Å². The third-order valence-corrected chi connectivity index (χ3v) is 4.75. The Balaban J connectivity index is 3.02. The van der Waals surface area contributed by atoms with Gasteiger partial charge in [-0.05, 0) is 31.1 Å². The number of aliphatic hydroxyl groups is 1. The molecule has 0 spiro atoms. The second kappa shape index (κ2) is 3.85. The molecule has 0 saturated carbocycles. The molecule has 14 heavy (non-hydrogen) atoms. The van der Waals surface area contributed by atoms with Gasteiger partial charge in [-0.15, -0.1) is 22.2 Å². The van der Waals surface area contributed by atoms with Crippen LogP contribution in [0.5, 0.6) is 0 Å². The molecule has 78 valence electrons. The van der Waals surface area contributed by atoms with E-state index in [-0.39, 0.29) is 0 Å². The summed E-state index contributed by atoms with van der Waals surface area (Å²) >= 11 is 12.1. The molecule has 1 aromatic rings. The first-order valence-electron chi connectivity index (χ1n) is 4.42. The van der Waals surface area contributed by atoms with E-state index < -0.39 is 12.3 Å². The summed E-state index contributed by atoms with van der Waals surface area (Å²) in [5.74, 6) is 0. The van der Waals surface area contributed by atoms with Crippen LogP contribution in [-0.4, -0.2) is 11.8 Å². The first-order chi connectivity index (χ1) is 6.21. The Bertz CT molecular complexity index is 275. The van der Waals surface area contributed by atoms with Crippen LogP contribution in [0.2, 0.25) is 6.55 Å². The molecule has 0 fully saturated rings. The van der Waals surface area contributed by atoms with Crippen molar-refractivity contribution < 1.29 is 5.11 Å². The number of rotatable bonds is 2. The lowest BCUT2D eigenvalue weighted by atomic mass is 9.99. The summed E-state index contributed by atoms with van der Waals surface area (Å²) < 4.78 is 0. The highest BCUT2D eigenvalue weighted by molar-refractivity contribution is 7.50. The summed E-state index contributed by atoms with van der Waals surface area (Å²) in [7, 11) is 0. The lowest BCUT2D eigenvalue weighted by Crippen LogP contribution is -2.32. The molecule has 0 bridgehead atoms. The zero-order valence-corrected chi connectivity index (χ0v) is 11.0. The molecule has 1 nitrogen and oxygen atoms in total. The van der Waals surface area contributed by atoms with Gasteiger partial charge in [-0.1, -0.05) is 24.3 Å². The summed E-state index contributed by atoms with van der Waals surface area (Å²) in [5, 5.41) is 10.7. The van der Waals surface area contributed by atoms with E-state index in [2.05, 4.69) is 0 Å². The average Bonchev–Trinajstić information content (AvgIpc) is 2.01. The van der Waals surface area contributed by atoms with Crippen LogP contribution in [0.4, 0.5) is 0 Å². The van der Waals surface area contributed by atoms with Crippen molar-refractivity contribution in [2.45, 2.75) is 26.0 Å². The summed E-state index contributed by atoms with van der Waals surface area (Å²) in [5.41, 5.74) is 0.0580. The monoisotopic (exact) mass is 248 g/mol. The molecule has 0 saturated heterocycles. The van der Waals surface area contributed by atoms with E-state index in [0.717, 1.165) is 10.8 Å². The second-order valence-corrected chi connectivity index (χ2v) is 11.5. The van der Waals surface area contributed by atoms with Crippen molar-refractivity contribution in [3.63, 3.8) is 0 Å². The van der Waals surface area contributed by atoms with Crippen LogP contribution in [0.3, 0.4) is 0 Å². The lowest BCUT2D eigenvalue weighted by molar-refractivity contribution is 0.0786. The maximum atomic E-state index is 9.73. The van der Waals surface area contributed by atoms with Gasteiger partial charge in [0.2, 0.25) is 0 Å². The fraction of sp³-hybridized carbons (Fsp3) is 0.400. The van der Waals surface area contributed by atoms with Crippen LogP contribution < -0.4 is 5.19 Å². The average molecular weight is 249 g/mol. The van der Waals surface area contributed by atoms with Gasteiger partial charge in [-0.2, -0.15) is 0 Å². The first kappa shape index (κ1) is 12.0. The van der Waals surface area contributed by atoms with Crippen LogP contribution in [0.25, 0.3) is 0 Å². The zero-order valence-electron chi connectivity index (χ0n) is 8.51. The molecule has 0 unspecified atom stereocenters. The van der Waals surface area contributed by atoms with E-state index in [1.807, 2.05) is 30.8 Å². The van der Waals surface area contributed by atoms with Crippen molar-refractivity contribution in [1.82, 2.24) is 0 Å². The van der Waals surface area contributed by atoms with Crippen LogP contribution in [0, 0.1) is 0 Å². The predicted molar refractivity (Wildman–Crippen MR) is 64.6 cm³/mol. The van der Waals surface area contributed by atoms with E-state index in [1.54, 1.807) is 13.8 Å². The fourth-order valence-corrected chi connectivity index (χ4v) is 2.68. The minimum Gasteiger partial charge on any atom is -0.386 e. The summed E-state index contributed by atoms with van der Waals surface area (Å²) in [4.78, 5) is 0. The molecule has 0 atom stereocenters. The van der Waals surface area contributed by atoms with E-state index in [1.165, 1.54) is 0 Å². The number of benzene rings is 1. The van der Waals surface area contributed by atoms with Crippen LogP contribution in [0.15, 0.2) is 24.3 Å². The Hall–Kier alpha value is -0.0231. The van der Waals surface area contributed by atoms with Gasteiger partial charge >= 0.3 is 0 Å². The smallest absolute Gasteiger partial charge is 0.277 e. The minimum absolute atomic E-state index is 0.810. The van der Waals surface area contributed by atoms with E-state index in [4.69, 9.17) is 22.2 Å². The summed E-state index contributed by atoms with van der Waals surface area (Å²) in [6, 6.07) is 7.51. The van der Waals surface area contributed by atoms with Crippen molar-refractivity contribution >= 4 is 34.0 Å². The molecule has 0 aliphatic heterocycles. The topological polar surface area (TPSA) is 20.2 Å². The molecule has 1 rings (SSSR count). The van der Waals surface area contributed by atoms with Gasteiger partial charge in [0.1, 0.15) is 0 Å². The highest BCUT2D eigenvalue weighted by Crippen LogP contribution is 2.20. The predicted octanol–water partition coefficient (Wildman–Crippen LogP) is 2.67. The van der Waals surface area contributed by atoms with Gasteiger partial charge in [0.25, 0.3) is 6.69 Å². The SMILES string of the molecule is CC(C)(O)c1ccc([Si](C)(Cl)Cl)cc1. The standard InChI is InChI=1S/C10H14Cl2OSi/c1-10(2,13)8-4-6-9(7-5-8)14(3,11)12/h4-7,13H,1-3H3. The van der Waals surface area contributed by atoms with E-state index in [9.17, 15) is 5.11 Å². The number of hydrogen-bond donors (Lipinski definition) is 1. The second-order valence-electron chi connectivity index (χ2n) is 4.02. The molecule has 4 heteroatoms. The molecule has 0 aliphatic carbocycles. The van der Waals surface area contributed by atoms with Crippen molar-refractivity contribution in [1.29, 1.82) is 0 Å². The van der Waals surface area contributed by atoms with E-state index in [0.29, 0.717) is 0 Å². The molecular weight excluding hydrogens is 235 g/mol. The van der Waals surface area contributed by atoms with Crippen LogP contribution >= 0.6 is 22.2 Å². The van der Waals surface area contributed by atoms with Gasteiger partial charge < -0.3 is 5.11 Å². The Morgan fingerprint density at radius 3 is 1.86 bits per heavy atom. The Labute approximate surface area is 95.1 Å². The van der Waals surface area contributed by atoms with Gasteiger partial charge in [0.15, 0.2) is 0 Å². The van der Waals surface area contributed by atoms with Crippen molar-refractivity contribution in [2.75, 3.05) is 0 Å². The normalized spacial score (nSPS) is 13.0. The third kappa shape index (κ3) is 2.99. The zero-order chi connectivity index (χ0) is 11.0. The number of hydrogen-bond acceptors (Lipinski definition) is 1. The Kier molecular flexibility index (Phi) is 3.32. The van der Waals surface area contributed by atoms with Crippen molar-refractivity contribution in [2.24, 2.45) is 0 Å². The molecule has 1 aromatic carbocycles. The Morgan fingerprint density at radius 2 is 1.57 bits per heavy atom. The van der Waals surface area contributed by atoms with Crippen LogP contribution in [0.1, 0.15) is 19.4 Å². The third-order valence-electron chi connectivity index (χ3n) is 2.10. The van der Waals surface area contributed by atoms with Crippen molar-refractivity contribution in [3.05, 3.63) is 29.8 Å². The molecule has 1 N–H and O–H groups in total. The maximum Gasteiger partial charge on any atom is 0.277 e. The molecule has 0 radical (unpaired) electrons. The quantitative estimate of drug-likeness (QED) is 0.631. The molecule has 0 heterocycles. The maximum absolute atomic E-state index is 9.73. The van der Waals surface area contributed by atoms with Gasteiger partial charge in [-0.25, -0.2) is 0 Å². The van der Waals surface area contributed by atoms with Gasteiger partial charge in [0, 0.05) is 0 Å². The summed E-state index contributed by atoms with van der Waals surface area (Å²) in [6.45, 7) is 3.10. The molecular formula is C10H14Cl2OSi. The Morgan fingerprint density at radius 1 is 1.14 bits per heavy atom. The summed E-state index contributed by atoms with van der Waals surface area (Å²) in [6.07, 6.45) is 0. The lowest BCUT2D eigenvalue weighted by Gasteiger charge is -2.19.